The number of amides is 1. The lowest BCUT2D eigenvalue weighted by atomic mass is 10.2. The van der Waals surface area contributed by atoms with Crippen molar-refractivity contribution in [2.75, 3.05) is 18.5 Å². The highest BCUT2D eigenvalue weighted by atomic mass is 16.5. The molecule has 0 bridgehead atoms. The number of ether oxygens (including phenoxy) is 2. The molecule has 0 aromatic heterocycles. The van der Waals surface area contributed by atoms with Gasteiger partial charge in [0.15, 0.2) is 0 Å². The molecule has 0 spiro atoms. The molecule has 0 radical (unpaired) electrons. The van der Waals surface area contributed by atoms with E-state index in [-0.39, 0.29) is 24.2 Å². The number of hydrogen-bond donors (Lipinski definition) is 2. The molecule has 0 saturated carbocycles. The van der Waals surface area contributed by atoms with Gasteiger partial charge >= 0.3 is 5.97 Å². The van der Waals surface area contributed by atoms with E-state index < -0.39 is 5.97 Å². The quantitative estimate of drug-likeness (QED) is 0.720. The molecule has 0 saturated heterocycles. The predicted molar refractivity (Wildman–Crippen MR) is 78.9 cm³/mol. The van der Waals surface area contributed by atoms with E-state index in [1.54, 1.807) is 0 Å². The first-order valence-electron chi connectivity index (χ1n) is 6.85. The van der Waals surface area contributed by atoms with Crippen molar-refractivity contribution in [3.05, 3.63) is 23.8 Å². The van der Waals surface area contributed by atoms with E-state index in [0.717, 1.165) is 6.42 Å². The van der Waals surface area contributed by atoms with Crippen LogP contribution in [0.1, 0.15) is 37.6 Å². The number of benzene rings is 1. The maximum absolute atomic E-state index is 11.8. The van der Waals surface area contributed by atoms with Crippen LogP contribution in [0, 0.1) is 0 Å². The fraction of sp³-hybridized carbons (Fsp3) is 0.467. The first-order chi connectivity index (χ1) is 9.93. The van der Waals surface area contributed by atoms with Crippen molar-refractivity contribution in [1.29, 1.82) is 0 Å². The molecule has 1 amide bonds. The van der Waals surface area contributed by atoms with Gasteiger partial charge in [0.1, 0.15) is 12.4 Å². The lowest BCUT2D eigenvalue weighted by Crippen LogP contribution is -2.20. The number of carbonyl (C=O) groups excluding carboxylic acids is 1. The third kappa shape index (κ3) is 5.83. The summed E-state index contributed by atoms with van der Waals surface area (Å²) >= 11 is 0. The monoisotopic (exact) mass is 295 g/mol. The molecule has 0 aliphatic carbocycles. The molecule has 0 aliphatic rings. The minimum atomic E-state index is -1.07. The molecule has 6 heteroatoms. The van der Waals surface area contributed by atoms with Crippen LogP contribution < -0.4 is 10.1 Å². The average Bonchev–Trinajstić information content (AvgIpc) is 2.40. The van der Waals surface area contributed by atoms with E-state index in [0.29, 0.717) is 18.0 Å². The molecule has 0 aliphatic heterocycles. The number of rotatable bonds is 8. The van der Waals surface area contributed by atoms with E-state index in [2.05, 4.69) is 5.32 Å². The molecule has 116 valence electrons. The molecule has 21 heavy (non-hydrogen) atoms. The van der Waals surface area contributed by atoms with Crippen molar-refractivity contribution >= 4 is 17.6 Å². The van der Waals surface area contributed by atoms with Crippen LogP contribution in [0.3, 0.4) is 0 Å². The number of hydrogen-bond acceptors (Lipinski definition) is 4. The summed E-state index contributed by atoms with van der Waals surface area (Å²) in [7, 11) is 0. The maximum Gasteiger partial charge on any atom is 0.335 e. The summed E-state index contributed by atoms with van der Waals surface area (Å²) in [4.78, 5) is 22.8. The Kier molecular flexibility index (Phi) is 6.68. The van der Waals surface area contributed by atoms with Crippen molar-refractivity contribution in [3.8, 4) is 5.75 Å². The Morgan fingerprint density at radius 2 is 2.05 bits per heavy atom. The summed E-state index contributed by atoms with van der Waals surface area (Å²) in [6, 6.07) is 4.34. The molecule has 1 aromatic carbocycles. The van der Waals surface area contributed by atoms with Gasteiger partial charge in [-0.3, -0.25) is 4.79 Å². The van der Waals surface area contributed by atoms with Crippen molar-refractivity contribution in [3.63, 3.8) is 0 Å². The standard InChI is InChI=1S/C15H21NO5/c1-4-7-20-9-14(17)16-12-8-11(15(18)19)5-6-13(12)21-10(2)3/h5-6,8,10H,4,7,9H2,1-3H3,(H,16,17)(H,18,19). The lowest BCUT2D eigenvalue weighted by Gasteiger charge is -2.15. The normalized spacial score (nSPS) is 10.5. The van der Waals surface area contributed by atoms with Gasteiger partial charge in [0.05, 0.1) is 17.4 Å². The van der Waals surface area contributed by atoms with E-state index >= 15 is 0 Å². The molecular formula is C15H21NO5. The van der Waals surface area contributed by atoms with E-state index in [1.165, 1.54) is 18.2 Å². The SMILES string of the molecule is CCCOCC(=O)Nc1cc(C(=O)O)ccc1OC(C)C. The molecule has 0 heterocycles. The fourth-order valence-electron chi connectivity index (χ4n) is 1.61. The summed E-state index contributed by atoms with van der Waals surface area (Å²) in [5.74, 6) is -0.984. The molecule has 0 fully saturated rings. The van der Waals surface area contributed by atoms with Crippen LogP contribution in [-0.4, -0.2) is 36.3 Å². The third-order valence-corrected chi connectivity index (χ3v) is 2.44. The molecule has 0 atom stereocenters. The Morgan fingerprint density at radius 3 is 2.62 bits per heavy atom. The zero-order valence-electron chi connectivity index (χ0n) is 12.5. The van der Waals surface area contributed by atoms with Crippen LogP contribution in [-0.2, 0) is 9.53 Å². The minimum absolute atomic E-state index is 0.0771. The maximum atomic E-state index is 11.8. The van der Waals surface area contributed by atoms with E-state index in [4.69, 9.17) is 14.6 Å². The van der Waals surface area contributed by atoms with Gasteiger partial charge in [-0.05, 0) is 38.5 Å². The van der Waals surface area contributed by atoms with Gasteiger partial charge in [-0.2, -0.15) is 0 Å². The smallest absolute Gasteiger partial charge is 0.335 e. The zero-order chi connectivity index (χ0) is 15.8. The Hall–Kier alpha value is -2.08. The number of carboxylic acid groups (broad SMARTS) is 1. The van der Waals surface area contributed by atoms with Gasteiger partial charge in [0.2, 0.25) is 5.91 Å². The second-order valence-corrected chi connectivity index (χ2v) is 4.78. The second kappa shape index (κ2) is 8.26. The first-order valence-corrected chi connectivity index (χ1v) is 6.85. The summed E-state index contributed by atoms with van der Waals surface area (Å²) in [5.41, 5.74) is 0.407. The van der Waals surface area contributed by atoms with Crippen molar-refractivity contribution in [1.82, 2.24) is 0 Å². The van der Waals surface area contributed by atoms with Gasteiger partial charge in [-0.1, -0.05) is 6.92 Å². The molecule has 6 nitrogen and oxygen atoms in total. The highest BCUT2D eigenvalue weighted by Crippen LogP contribution is 2.27. The molecule has 0 unspecified atom stereocenters. The second-order valence-electron chi connectivity index (χ2n) is 4.78. The Labute approximate surface area is 124 Å². The summed E-state index contributed by atoms with van der Waals surface area (Å²) in [6.07, 6.45) is 0.733. The topological polar surface area (TPSA) is 84.9 Å². The molecule has 1 aromatic rings. The third-order valence-electron chi connectivity index (χ3n) is 2.44. The number of carboxylic acids is 1. The Bertz CT molecular complexity index is 499. The van der Waals surface area contributed by atoms with E-state index in [9.17, 15) is 9.59 Å². The van der Waals surface area contributed by atoms with Crippen LogP contribution in [0.15, 0.2) is 18.2 Å². The fourth-order valence-corrected chi connectivity index (χ4v) is 1.61. The van der Waals surface area contributed by atoms with Gasteiger partial charge in [0.25, 0.3) is 0 Å². The minimum Gasteiger partial charge on any atom is -0.489 e. The van der Waals surface area contributed by atoms with Crippen LogP contribution >= 0.6 is 0 Å². The Morgan fingerprint density at radius 1 is 1.33 bits per heavy atom. The van der Waals surface area contributed by atoms with Gasteiger partial charge in [-0.25, -0.2) is 4.79 Å². The summed E-state index contributed by atoms with van der Waals surface area (Å²) in [5, 5.41) is 11.6. The molecule has 1 rings (SSSR count). The first kappa shape index (κ1) is 17.0. The largest absolute Gasteiger partial charge is 0.489 e. The molecule has 2 N–H and O–H groups in total. The summed E-state index contributed by atoms with van der Waals surface area (Å²) in [6.45, 7) is 6.06. The van der Waals surface area contributed by atoms with Crippen LogP contribution in [0.25, 0.3) is 0 Å². The number of nitrogens with one attached hydrogen (secondary N) is 1. The van der Waals surface area contributed by atoms with Crippen molar-refractivity contribution in [2.24, 2.45) is 0 Å². The molecular weight excluding hydrogens is 274 g/mol. The number of anilines is 1. The lowest BCUT2D eigenvalue weighted by molar-refractivity contribution is -0.120. The highest BCUT2D eigenvalue weighted by Gasteiger charge is 2.13. The van der Waals surface area contributed by atoms with Crippen LogP contribution in [0.4, 0.5) is 5.69 Å². The van der Waals surface area contributed by atoms with Crippen molar-refractivity contribution in [2.45, 2.75) is 33.3 Å². The van der Waals surface area contributed by atoms with E-state index in [1.807, 2.05) is 20.8 Å². The zero-order valence-corrected chi connectivity index (χ0v) is 12.5. The highest BCUT2D eigenvalue weighted by molar-refractivity contribution is 5.96. The van der Waals surface area contributed by atoms with Crippen molar-refractivity contribution < 1.29 is 24.2 Å². The van der Waals surface area contributed by atoms with Gasteiger partial charge < -0.3 is 19.9 Å². The van der Waals surface area contributed by atoms with Crippen LogP contribution in [0.5, 0.6) is 5.75 Å². The Balaban J connectivity index is 2.86. The number of aromatic carboxylic acids is 1. The predicted octanol–water partition coefficient (Wildman–Crippen LogP) is 2.54. The van der Waals surface area contributed by atoms with Gasteiger partial charge in [0, 0.05) is 6.61 Å². The average molecular weight is 295 g/mol. The summed E-state index contributed by atoms with van der Waals surface area (Å²) < 4.78 is 10.7. The van der Waals surface area contributed by atoms with Crippen LogP contribution in [0.2, 0.25) is 0 Å². The number of carbonyl (C=O) groups is 2. The van der Waals surface area contributed by atoms with Gasteiger partial charge in [-0.15, -0.1) is 0 Å².